The molecule has 94 valence electrons. The fourth-order valence-corrected chi connectivity index (χ4v) is 1.61. The first-order valence-corrected chi connectivity index (χ1v) is 5.49. The third kappa shape index (κ3) is 2.56. The molecule has 0 aliphatic rings. The number of aryl methyl sites for hydroxylation is 1. The zero-order chi connectivity index (χ0) is 13.1. The van der Waals surface area contributed by atoms with Crippen molar-refractivity contribution >= 4 is 5.91 Å². The molecule has 18 heavy (non-hydrogen) atoms. The summed E-state index contributed by atoms with van der Waals surface area (Å²) in [6.07, 6.45) is 1.30. The Morgan fingerprint density at radius 1 is 1.44 bits per heavy atom. The number of nitrogens with zero attached hydrogens (tertiary/aromatic N) is 2. The van der Waals surface area contributed by atoms with E-state index in [-0.39, 0.29) is 24.0 Å². The van der Waals surface area contributed by atoms with E-state index < -0.39 is 0 Å². The van der Waals surface area contributed by atoms with Crippen LogP contribution in [0.3, 0.4) is 0 Å². The van der Waals surface area contributed by atoms with Gasteiger partial charge in [-0.3, -0.25) is 4.79 Å². The Morgan fingerprint density at radius 3 is 2.78 bits per heavy atom. The van der Waals surface area contributed by atoms with Crippen LogP contribution < -0.4 is 0 Å². The van der Waals surface area contributed by atoms with E-state index in [0.29, 0.717) is 11.5 Å². The van der Waals surface area contributed by atoms with Gasteiger partial charge in [-0.1, -0.05) is 18.2 Å². The molecule has 2 aromatic rings. The normalized spacial score (nSPS) is 10.4. The Labute approximate surface area is 104 Å². The molecular formula is C13H13FN2O2. The van der Waals surface area contributed by atoms with Gasteiger partial charge in [0, 0.05) is 26.1 Å². The molecule has 0 aliphatic carbocycles. The second kappa shape index (κ2) is 5.00. The zero-order valence-electron chi connectivity index (χ0n) is 10.2. The van der Waals surface area contributed by atoms with E-state index in [4.69, 9.17) is 4.42 Å². The Hall–Kier alpha value is -2.17. The highest BCUT2D eigenvalue weighted by Gasteiger charge is 2.16. The Kier molecular flexibility index (Phi) is 3.41. The molecule has 0 saturated carbocycles. The third-order valence-electron chi connectivity index (χ3n) is 2.55. The Balaban J connectivity index is 2.11. The van der Waals surface area contributed by atoms with Crippen molar-refractivity contribution < 1.29 is 13.6 Å². The highest BCUT2D eigenvalue weighted by molar-refractivity contribution is 5.91. The molecule has 0 atom stereocenters. The maximum atomic E-state index is 13.4. The molecule has 5 heteroatoms. The summed E-state index contributed by atoms with van der Waals surface area (Å²) in [5.41, 5.74) is 0.694. The minimum Gasteiger partial charge on any atom is -0.448 e. The zero-order valence-corrected chi connectivity index (χ0v) is 10.2. The molecule has 0 unspecified atom stereocenters. The van der Waals surface area contributed by atoms with Crippen LogP contribution in [-0.2, 0) is 6.54 Å². The molecule has 4 nitrogen and oxygen atoms in total. The molecule has 0 saturated heterocycles. The van der Waals surface area contributed by atoms with E-state index >= 15 is 0 Å². The van der Waals surface area contributed by atoms with Crippen LogP contribution in [0.25, 0.3) is 0 Å². The molecule has 1 amide bonds. The lowest BCUT2D eigenvalue weighted by Crippen LogP contribution is -2.26. The molecule has 1 aromatic heterocycles. The van der Waals surface area contributed by atoms with E-state index in [1.165, 1.54) is 17.2 Å². The van der Waals surface area contributed by atoms with Crippen LogP contribution in [0.2, 0.25) is 0 Å². The van der Waals surface area contributed by atoms with Crippen LogP contribution in [0.4, 0.5) is 4.39 Å². The van der Waals surface area contributed by atoms with Crippen molar-refractivity contribution in [2.75, 3.05) is 7.05 Å². The highest BCUT2D eigenvalue weighted by atomic mass is 19.1. The van der Waals surface area contributed by atoms with E-state index in [0.717, 1.165) is 0 Å². The molecular weight excluding hydrogens is 235 g/mol. The monoisotopic (exact) mass is 248 g/mol. The molecule has 0 bridgehead atoms. The van der Waals surface area contributed by atoms with Crippen LogP contribution in [0.1, 0.15) is 21.9 Å². The Bertz CT molecular complexity index is 566. The molecule has 2 rings (SSSR count). The standard InChI is InChI=1S/C13H13FN2O2/c1-9-15-12(8-18-9)13(17)16(2)7-10-5-3-4-6-11(10)14/h3-6,8H,7H2,1-2H3. The van der Waals surface area contributed by atoms with Crippen LogP contribution in [-0.4, -0.2) is 22.8 Å². The van der Waals surface area contributed by atoms with Gasteiger partial charge >= 0.3 is 0 Å². The minimum atomic E-state index is -0.325. The van der Waals surface area contributed by atoms with Gasteiger partial charge in [-0.05, 0) is 6.07 Å². The molecule has 0 fully saturated rings. The van der Waals surface area contributed by atoms with Gasteiger partial charge in [-0.2, -0.15) is 0 Å². The third-order valence-corrected chi connectivity index (χ3v) is 2.55. The van der Waals surface area contributed by atoms with Crippen molar-refractivity contribution in [3.05, 3.63) is 53.5 Å². The molecule has 1 heterocycles. The number of carbonyl (C=O) groups is 1. The van der Waals surface area contributed by atoms with Crippen molar-refractivity contribution in [1.29, 1.82) is 0 Å². The number of aromatic nitrogens is 1. The summed E-state index contributed by atoms with van der Waals surface area (Å²) in [5, 5.41) is 0. The van der Waals surface area contributed by atoms with Crippen LogP contribution in [0, 0.1) is 12.7 Å². The molecule has 0 N–H and O–H groups in total. The topological polar surface area (TPSA) is 46.3 Å². The number of hydrogen-bond donors (Lipinski definition) is 0. The van der Waals surface area contributed by atoms with Crippen molar-refractivity contribution in [1.82, 2.24) is 9.88 Å². The van der Waals surface area contributed by atoms with Gasteiger partial charge in [0.25, 0.3) is 5.91 Å². The first kappa shape index (κ1) is 12.3. The quantitative estimate of drug-likeness (QED) is 0.837. The number of hydrogen-bond acceptors (Lipinski definition) is 3. The lowest BCUT2D eigenvalue weighted by Gasteiger charge is -2.15. The van der Waals surface area contributed by atoms with Gasteiger partial charge in [-0.25, -0.2) is 9.37 Å². The van der Waals surface area contributed by atoms with Gasteiger partial charge in [0.2, 0.25) is 0 Å². The summed E-state index contributed by atoms with van der Waals surface area (Å²) in [5.74, 6) is -0.193. The van der Waals surface area contributed by atoms with E-state index in [9.17, 15) is 9.18 Å². The summed E-state index contributed by atoms with van der Waals surface area (Å²) in [4.78, 5) is 17.3. The van der Waals surface area contributed by atoms with Gasteiger partial charge in [0.05, 0.1) is 0 Å². The fourth-order valence-electron chi connectivity index (χ4n) is 1.61. The predicted octanol–water partition coefficient (Wildman–Crippen LogP) is 2.39. The first-order valence-electron chi connectivity index (χ1n) is 5.49. The van der Waals surface area contributed by atoms with Gasteiger partial charge in [0.15, 0.2) is 11.6 Å². The smallest absolute Gasteiger partial charge is 0.275 e. The van der Waals surface area contributed by atoms with Crippen LogP contribution in [0.5, 0.6) is 0 Å². The molecule has 0 aliphatic heterocycles. The van der Waals surface area contributed by atoms with Crippen LogP contribution >= 0.6 is 0 Å². The number of rotatable bonds is 3. The van der Waals surface area contributed by atoms with Gasteiger partial charge in [0.1, 0.15) is 12.1 Å². The lowest BCUT2D eigenvalue weighted by atomic mass is 10.2. The second-order valence-electron chi connectivity index (χ2n) is 4.00. The lowest BCUT2D eigenvalue weighted by molar-refractivity contribution is 0.0778. The Morgan fingerprint density at radius 2 is 2.17 bits per heavy atom. The number of oxazole rings is 1. The van der Waals surface area contributed by atoms with Crippen LogP contribution in [0.15, 0.2) is 34.9 Å². The van der Waals surface area contributed by atoms with Crippen molar-refractivity contribution in [2.45, 2.75) is 13.5 Å². The van der Waals surface area contributed by atoms with E-state index in [2.05, 4.69) is 4.98 Å². The summed E-state index contributed by atoms with van der Waals surface area (Å²) in [7, 11) is 1.60. The van der Waals surface area contributed by atoms with Crippen molar-refractivity contribution in [3.63, 3.8) is 0 Å². The summed E-state index contributed by atoms with van der Waals surface area (Å²) >= 11 is 0. The fraction of sp³-hybridized carbons (Fsp3) is 0.231. The summed E-state index contributed by atoms with van der Waals surface area (Å²) in [6, 6.07) is 6.36. The van der Waals surface area contributed by atoms with Gasteiger partial charge in [-0.15, -0.1) is 0 Å². The molecule has 1 aromatic carbocycles. The average molecular weight is 248 g/mol. The predicted molar refractivity (Wildman–Crippen MR) is 63.4 cm³/mol. The number of halogens is 1. The number of amides is 1. The van der Waals surface area contributed by atoms with E-state index in [1.807, 2.05) is 0 Å². The number of carbonyl (C=O) groups excluding carboxylic acids is 1. The number of benzene rings is 1. The maximum absolute atomic E-state index is 13.4. The van der Waals surface area contributed by atoms with Gasteiger partial charge < -0.3 is 9.32 Å². The largest absolute Gasteiger partial charge is 0.448 e. The highest BCUT2D eigenvalue weighted by Crippen LogP contribution is 2.11. The maximum Gasteiger partial charge on any atom is 0.275 e. The second-order valence-corrected chi connectivity index (χ2v) is 4.00. The SMILES string of the molecule is Cc1nc(C(=O)N(C)Cc2ccccc2F)co1. The van der Waals surface area contributed by atoms with E-state index in [1.54, 1.807) is 32.2 Å². The van der Waals surface area contributed by atoms with Crippen molar-refractivity contribution in [2.24, 2.45) is 0 Å². The first-order chi connectivity index (χ1) is 8.58. The summed E-state index contributed by atoms with van der Waals surface area (Å²) < 4.78 is 18.4. The molecule has 0 radical (unpaired) electrons. The average Bonchev–Trinajstić information content (AvgIpc) is 2.78. The van der Waals surface area contributed by atoms with Crippen molar-refractivity contribution in [3.8, 4) is 0 Å². The minimum absolute atomic E-state index is 0.192. The summed E-state index contributed by atoms with van der Waals surface area (Å²) in [6.45, 7) is 1.85. The molecule has 0 spiro atoms.